The largest absolute Gasteiger partial charge is 0.290 e. The van der Waals surface area contributed by atoms with E-state index < -0.39 is 4.92 Å². The highest BCUT2D eigenvalue weighted by Gasteiger charge is 2.07. The Morgan fingerprint density at radius 3 is 2.90 bits per heavy atom. The van der Waals surface area contributed by atoms with Gasteiger partial charge < -0.3 is 0 Å². The van der Waals surface area contributed by atoms with Crippen LogP contribution in [0.15, 0.2) is 12.3 Å². The van der Waals surface area contributed by atoms with E-state index in [4.69, 9.17) is 0 Å². The average Bonchev–Trinajstić information content (AvgIpc) is 1.88. The van der Waals surface area contributed by atoms with Crippen LogP contribution in [-0.2, 0) is 0 Å². The van der Waals surface area contributed by atoms with Crippen molar-refractivity contribution in [2.24, 2.45) is 0 Å². The molecule has 1 heterocycles. The summed E-state index contributed by atoms with van der Waals surface area (Å²) in [6.45, 7) is 1.65. The molecule has 0 bridgehead atoms. The van der Waals surface area contributed by atoms with Crippen molar-refractivity contribution in [1.29, 1.82) is 0 Å². The highest BCUT2D eigenvalue weighted by molar-refractivity contribution is 5.34. The molecule has 4 heteroatoms. The summed E-state index contributed by atoms with van der Waals surface area (Å²) in [4.78, 5) is 13.2. The third-order valence-electron chi connectivity index (χ3n) is 1.14. The Hall–Kier alpha value is -1.45. The van der Waals surface area contributed by atoms with Crippen molar-refractivity contribution in [2.75, 3.05) is 0 Å². The molecule has 0 aromatic carbocycles. The zero-order valence-electron chi connectivity index (χ0n) is 5.37. The van der Waals surface area contributed by atoms with Gasteiger partial charge in [-0.15, -0.1) is 0 Å². The van der Waals surface area contributed by atoms with Crippen LogP contribution in [0.25, 0.3) is 0 Å². The predicted octanol–water partition coefficient (Wildman–Crippen LogP) is 1.10. The Morgan fingerprint density at radius 1 is 1.80 bits per heavy atom. The normalized spacial score (nSPS) is 9.30. The first-order valence-electron chi connectivity index (χ1n) is 2.69. The lowest BCUT2D eigenvalue weighted by Crippen LogP contribution is -1.91. The summed E-state index contributed by atoms with van der Waals surface area (Å²) in [5.41, 5.74) is 0.624. The Kier molecular flexibility index (Phi) is 1.62. The van der Waals surface area contributed by atoms with Gasteiger partial charge in [-0.25, -0.2) is 4.98 Å². The van der Waals surface area contributed by atoms with Gasteiger partial charge in [-0.05, 0) is 13.0 Å². The average molecular weight is 137 g/mol. The molecule has 0 amide bonds. The molecule has 0 aliphatic heterocycles. The highest BCUT2D eigenvalue weighted by atomic mass is 16.6. The molecule has 10 heavy (non-hydrogen) atoms. The van der Waals surface area contributed by atoms with Gasteiger partial charge in [0.15, 0.2) is 0 Å². The van der Waals surface area contributed by atoms with E-state index in [9.17, 15) is 10.1 Å². The van der Waals surface area contributed by atoms with E-state index in [-0.39, 0.29) is 5.69 Å². The number of pyridine rings is 1. The van der Waals surface area contributed by atoms with E-state index in [1.807, 2.05) is 0 Å². The van der Waals surface area contributed by atoms with Gasteiger partial charge in [0.2, 0.25) is 0 Å². The molecule has 1 aromatic heterocycles. The molecular formula is C6H5N2O2. The molecule has 1 aromatic rings. The van der Waals surface area contributed by atoms with Gasteiger partial charge in [0.1, 0.15) is 6.20 Å². The van der Waals surface area contributed by atoms with Crippen molar-refractivity contribution in [3.63, 3.8) is 0 Å². The van der Waals surface area contributed by atoms with Gasteiger partial charge in [-0.1, -0.05) is 0 Å². The minimum atomic E-state index is -0.462. The Labute approximate surface area is 57.7 Å². The van der Waals surface area contributed by atoms with Gasteiger partial charge in [0.25, 0.3) is 5.69 Å². The molecule has 0 unspecified atom stereocenters. The van der Waals surface area contributed by atoms with Crippen LogP contribution in [-0.4, -0.2) is 9.91 Å². The molecule has 0 saturated heterocycles. The first-order chi connectivity index (χ1) is 4.72. The van der Waals surface area contributed by atoms with Gasteiger partial charge in [0.05, 0.1) is 11.1 Å². The molecule has 4 nitrogen and oxygen atoms in total. The maximum absolute atomic E-state index is 10.2. The number of aromatic nitrogens is 1. The Bertz CT molecular complexity index is 260. The SMILES string of the molecule is Cc1c[c]ncc1[N+](=O)[O-]. The molecule has 0 atom stereocenters. The zero-order chi connectivity index (χ0) is 7.56. The van der Waals surface area contributed by atoms with E-state index in [1.54, 1.807) is 6.92 Å². The lowest BCUT2D eigenvalue weighted by molar-refractivity contribution is -0.385. The van der Waals surface area contributed by atoms with Gasteiger partial charge >= 0.3 is 0 Å². The smallest absolute Gasteiger partial charge is 0.258 e. The molecule has 0 aliphatic carbocycles. The molecule has 1 radical (unpaired) electrons. The second kappa shape index (κ2) is 2.43. The summed E-state index contributed by atoms with van der Waals surface area (Å²) >= 11 is 0. The minimum absolute atomic E-state index is 0.0405. The van der Waals surface area contributed by atoms with Crippen molar-refractivity contribution in [3.05, 3.63) is 34.1 Å². The predicted molar refractivity (Wildman–Crippen MR) is 34.5 cm³/mol. The fourth-order valence-electron chi connectivity index (χ4n) is 0.599. The van der Waals surface area contributed by atoms with Gasteiger partial charge in [0, 0.05) is 5.56 Å². The second-order valence-corrected chi connectivity index (χ2v) is 1.86. The first-order valence-corrected chi connectivity index (χ1v) is 2.69. The molecule has 0 spiro atoms. The molecule has 1 rings (SSSR count). The summed E-state index contributed by atoms with van der Waals surface area (Å²) < 4.78 is 0. The second-order valence-electron chi connectivity index (χ2n) is 1.86. The molecule has 0 saturated carbocycles. The summed E-state index contributed by atoms with van der Waals surface area (Å²) in [7, 11) is 0. The quantitative estimate of drug-likeness (QED) is 0.430. The molecule has 0 fully saturated rings. The van der Waals surface area contributed by atoms with Crippen LogP contribution < -0.4 is 0 Å². The van der Waals surface area contributed by atoms with E-state index in [1.165, 1.54) is 12.3 Å². The summed E-state index contributed by atoms with van der Waals surface area (Å²) in [5, 5.41) is 10.2. The number of nitro groups is 1. The maximum Gasteiger partial charge on any atom is 0.290 e. The maximum atomic E-state index is 10.2. The molecular weight excluding hydrogens is 132 g/mol. The highest BCUT2D eigenvalue weighted by Crippen LogP contribution is 2.12. The van der Waals surface area contributed by atoms with Crippen molar-refractivity contribution in [3.8, 4) is 0 Å². The van der Waals surface area contributed by atoms with Crippen molar-refractivity contribution in [2.45, 2.75) is 6.92 Å². The number of aryl methyl sites for hydroxylation is 1. The van der Waals surface area contributed by atoms with E-state index in [0.717, 1.165) is 0 Å². The van der Waals surface area contributed by atoms with Crippen LogP contribution >= 0.6 is 0 Å². The monoisotopic (exact) mass is 137 g/mol. The topological polar surface area (TPSA) is 56.0 Å². The lowest BCUT2D eigenvalue weighted by atomic mass is 10.3. The number of hydrogen-bond acceptors (Lipinski definition) is 3. The Morgan fingerprint density at radius 2 is 2.50 bits per heavy atom. The van der Waals surface area contributed by atoms with Crippen LogP contribution in [0.1, 0.15) is 5.56 Å². The van der Waals surface area contributed by atoms with Crippen LogP contribution in [0.2, 0.25) is 0 Å². The standard InChI is InChI=1S/C6H5N2O2/c1-5-2-3-7-4-6(5)8(9)10/h2,4H,1H3. The number of hydrogen-bond donors (Lipinski definition) is 0. The zero-order valence-corrected chi connectivity index (χ0v) is 5.37. The van der Waals surface area contributed by atoms with Crippen molar-refractivity contribution < 1.29 is 4.92 Å². The van der Waals surface area contributed by atoms with Crippen LogP contribution in [0, 0.1) is 23.2 Å². The summed E-state index contributed by atoms with van der Waals surface area (Å²) in [6.07, 6.45) is 3.69. The fourth-order valence-corrected chi connectivity index (χ4v) is 0.599. The molecule has 0 aliphatic rings. The minimum Gasteiger partial charge on any atom is -0.258 e. The van der Waals surface area contributed by atoms with Gasteiger partial charge in [-0.2, -0.15) is 0 Å². The van der Waals surface area contributed by atoms with E-state index in [2.05, 4.69) is 11.2 Å². The number of nitrogens with zero attached hydrogens (tertiary/aromatic N) is 2. The summed E-state index contributed by atoms with van der Waals surface area (Å²) in [6, 6.07) is 1.48. The summed E-state index contributed by atoms with van der Waals surface area (Å²) in [5.74, 6) is 0. The third-order valence-corrected chi connectivity index (χ3v) is 1.14. The number of rotatable bonds is 1. The lowest BCUT2D eigenvalue weighted by Gasteiger charge is -1.91. The third kappa shape index (κ3) is 1.10. The van der Waals surface area contributed by atoms with Crippen molar-refractivity contribution in [1.82, 2.24) is 4.98 Å². The molecule has 0 N–H and O–H groups in total. The van der Waals surface area contributed by atoms with E-state index in [0.29, 0.717) is 5.56 Å². The Balaban J connectivity index is 3.15. The van der Waals surface area contributed by atoms with Crippen LogP contribution in [0.3, 0.4) is 0 Å². The molecule has 51 valence electrons. The first kappa shape index (κ1) is 6.67. The van der Waals surface area contributed by atoms with Crippen LogP contribution in [0.4, 0.5) is 5.69 Å². The van der Waals surface area contributed by atoms with Gasteiger partial charge in [-0.3, -0.25) is 10.1 Å². The van der Waals surface area contributed by atoms with E-state index >= 15 is 0 Å². The fraction of sp³-hybridized carbons (Fsp3) is 0.167. The van der Waals surface area contributed by atoms with Crippen molar-refractivity contribution >= 4 is 5.69 Å². The van der Waals surface area contributed by atoms with Crippen LogP contribution in [0.5, 0.6) is 0 Å².